The molecule has 2 aromatic rings. The molecule has 1 saturated carbocycles. The fourth-order valence-corrected chi connectivity index (χ4v) is 2.57. The SMILES string of the molecule is CC(C)(NCc1cn[nH]c1-c1ccccc1)C1CC1. The summed E-state index contributed by atoms with van der Waals surface area (Å²) in [6.07, 6.45) is 4.65. The summed E-state index contributed by atoms with van der Waals surface area (Å²) in [5.74, 6) is 0.833. The molecule has 2 N–H and O–H groups in total. The quantitative estimate of drug-likeness (QED) is 0.860. The lowest BCUT2D eigenvalue weighted by atomic mass is 9.98. The maximum Gasteiger partial charge on any atom is 0.0695 e. The Morgan fingerprint density at radius 3 is 2.68 bits per heavy atom. The molecule has 0 atom stereocenters. The summed E-state index contributed by atoms with van der Waals surface area (Å²) in [6.45, 7) is 5.46. The molecular weight excluding hydrogens is 234 g/mol. The Labute approximate surface area is 114 Å². The van der Waals surface area contributed by atoms with E-state index < -0.39 is 0 Å². The highest BCUT2D eigenvalue weighted by molar-refractivity contribution is 5.62. The van der Waals surface area contributed by atoms with E-state index in [4.69, 9.17) is 0 Å². The predicted octanol–water partition coefficient (Wildman–Crippen LogP) is 3.35. The number of H-pyrrole nitrogens is 1. The molecule has 100 valence electrons. The van der Waals surface area contributed by atoms with Crippen LogP contribution in [0, 0.1) is 5.92 Å². The van der Waals surface area contributed by atoms with Gasteiger partial charge in [-0.2, -0.15) is 5.10 Å². The summed E-state index contributed by atoms with van der Waals surface area (Å²) in [5.41, 5.74) is 3.78. The lowest BCUT2D eigenvalue weighted by Gasteiger charge is -2.26. The number of hydrogen-bond donors (Lipinski definition) is 2. The molecule has 19 heavy (non-hydrogen) atoms. The van der Waals surface area contributed by atoms with Gasteiger partial charge in [-0.15, -0.1) is 0 Å². The minimum atomic E-state index is 0.227. The van der Waals surface area contributed by atoms with E-state index in [0.717, 1.165) is 18.2 Å². The molecule has 1 aliphatic carbocycles. The van der Waals surface area contributed by atoms with Gasteiger partial charge in [0.1, 0.15) is 0 Å². The molecule has 3 rings (SSSR count). The number of nitrogens with zero attached hydrogens (tertiary/aromatic N) is 1. The molecule has 3 nitrogen and oxygen atoms in total. The second kappa shape index (κ2) is 4.82. The van der Waals surface area contributed by atoms with Crippen molar-refractivity contribution in [3.63, 3.8) is 0 Å². The normalized spacial score (nSPS) is 15.7. The molecule has 0 radical (unpaired) electrons. The number of benzene rings is 1. The number of rotatable bonds is 5. The highest BCUT2D eigenvalue weighted by Gasteiger charge is 2.37. The zero-order chi connectivity index (χ0) is 13.3. The first kappa shape index (κ1) is 12.4. The van der Waals surface area contributed by atoms with Crippen LogP contribution in [0.3, 0.4) is 0 Å². The van der Waals surface area contributed by atoms with Crippen molar-refractivity contribution in [1.82, 2.24) is 15.5 Å². The van der Waals surface area contributed by atoms with E-state index in [1.165, 1.54) is 24.0 Å². The Morgan fingerprint density at radius 1 is 1.26 bits per heavy atom. The summed E-state index contributed by atoms with van der Waals surface area (Å²) in [5, 5.41) is 11.0. The van der Waals surface area contributed by atoms with Crippen LogP contribution in [0.1, 0.15) is 32.3 Å². The van der Waals surface area contributed by atoms with Gasteiger partial charge in [0, 0.05) is 17.6 Å². The van der Waals surface area contributed by atoms with Gasteiger partial charge in [0.05, 0.1) is 11.9 Å². The van der Waals surface area contributed by atoms with Gasteiger partial charge in [0.25, 0.3) is 0 Å². The lowest BCUT2D eigenvalue weighted by Crippen LogP contribution is -2.40. The van der Waals surface area contributed by atoms with Crippen molar-refractivity contribution < 1.29 is 0 Å². The molecular formula is C16H21N3. The van der Waals surface area contributed by atoms with Crippen molar-refractivity contribution in [3.8, 4) is 11.3 Å². The Balaban J connectivity index is 1.74. The first-order valence-electron chi connectivity index (χ1n) is 6.99. The first-order valence-corrected chi connectivity index (χ1v) is 6.99. The third-order valence-corrected chi connectivity index (χ3v) is 4.11. The van der Waals surface area contributed by atoms with Crippen LogP contribution in [0.2, 0.25) is 0 Å². The highest BCUT2D eigenvalue weighted by atomic mass is 15.1. The number of aromatic nitrogens is 2. The van der Waals surface area contributed by atoms with E-state index in [2.05, 4.69) is 53.6 Å². The highest BCUT2D eigenvalue weighted by Crippen LogP contribution is 2.39. The van der Waals surface area contributed by atoms with E-state index in [9.17, 15) is 0 Å². The van der Waals surface area contributed by atoms with Crippen molar-refractivity contribution in [2.24, 2.45) is 5.92 Å². The third-order valence-electron chi connectivity index (χ3n) is 4.11. The molecule has 1 aliphatic rings. The summed E-state index contributed by atoms with van der Waals surface area (Å²) >= 11 is 0. The van der Waals surface area contributed by atoms with Crippen LogP contribution in [-0.4, -0.2) is 15.7 Å². The fraction of sp³-hybridized carbons (Fsp3) is 0.438. The topological polar surface area (TPSA) is 40.7 Å². The summed E-state index contributed by atoms with van der Waals surface area (Å²) in [7, 11) is 0. The Bertz CT molecular complexity index is 538. The van der Waals surface area contributed by atoms with E-state index in [1.807, 2.05) is 12.3 Å². The van der Waals surface area contributed by atoms with Crippen LogP contribution in [0.15, 0.2) is 36.5 Å². The van der Waals surface area contributed by atoms with Gasteiger partial charge in [0.2, 0.25) is 0 Å². The Hall–Kier alpha value is -1.61. The average molecular weight is 255 g/mol. The van der Waals surface area contributed by atoms with Crippen LogP contribution < -0.4 is 5.32 Å². The van der Waals surface area contributed by atoms with Gasteiger partial charge < -0.3 is 5.32 Å². The molecule has 1 aromatic carbocycles. The second-order valence-corrected chi connectivity index (χ2v) is 5.99. The third kappa shape index (κ3) is 2.71. The Kier molecular flexibility index (Phi) is 3.15. The molecule has 0 unspecified atom stereocenters. The summed E-state index contributed by atoms with van der Waals surface area (Å²) in [4.78, 5) is 0. The van der Waals surface area contributed by atoms with Crippen molar-refractivity contribution >= 4 is 0 Å². The van der Waals surface area contributed by atoms with Crippen LogP contribution in [0.25, 0.3) is 11.3 Å². The van der Waals surface area contributed by atoms with Gasteiger partial charge in [-0.3, -0.25) is 5.10 Å². The minimum absolute atomic E-state index is 0.227. The Morgan fingerprint density at radius 2 is 2.00 bits per heavy atom. The van der Waals surface area contributed by atoms with Crippen molar-refractivity contribution in [2.75, 3.05) is 0 Å². The average Bonchev–Trinajstić information content (AvgIpc) is 3.18. The second-order valence-electron chi connectivity index (χ2n) is 5.99. The summed E-state index contributed by atoms with van der Waals surface area (Å²) < 4.78 is 0. The van der Waals surface area contributed by atoms with Crippen LogP contribution in [-0.2, 0) is 6.54 Å². The van der Waals surface area contributed by atoms with E-state index >= 15 is 0 Å². The minimum Gasteiger partial charge on any atom is -0.307 e. The fourth-order valence-electron chi connectivity index (χ4n) is 2.57. The molecule has 0 spiro atoms. The van der Waals surface area contributed by atoms with Crippen LogP contribution in [0.5, 0.6) is 0 Å². The molecule has 1 aromatic heterocycles. The van der Waals surface area contributed by atoms with Crippen molar-refractivity contribution in [2.45, 2.75) is 38.8 Å². The zero-order valence-electron chi connectivity index (χ0n) is 11.6. The maximum absolute atomic E-state index is 4.19. The van der Waals surface area contributed by atoms with E-state index in [-0.39, 0.29) is 5.54 Å². The maximum atomic E-state index is 4.19. The monoisotopic (exact) mass is 255 g/mol. The predicted molar refractivity (Wildman–Crippen MR) is 77.7 cm³/mol. The molecule has 1 heterocycles. The standard InChI is InChI=1S/C16H21N3/c1-16(2,14-8-9-14)17-10-13-11-18-19-15(13)12-6-4-3-5-7-12/h3-7,11,14,17H,8-10H2,1-2H3,(H,18,19). The van der Waals surface area contributed by atoms with Crippen LogP contribution >= 0.6 is 0 Å². The van der Waals surface area contributed by atoms with Gasteiger partial charge in [-0.25, -0.2) is 0 Å². The largest absolute Gasteiger partial charge is 0.307 e. The number of hydrogen-bond acceptors (Lipinski definition) is 2. The number of nitrogens with one attached hydrogen (secondary N) is 2. The molecule has 0 amide bonds. The van der Waals surface area contributed by atoms with Crippen molar-refractivity contribution in [3.05, 3.63) is 42.1 Å². The number of aromatic amines is 1. The van der Waals surface area contributed by atoms with Crippen LogP contribution in [0.4, 0.5) is 0 Å². The molecule has 3 heteroatoms. The molecule has 0 bridgehead atoms. The van der Waals surface area contributed by atoms with E-state index in [1.54, 1.807) is 0 Å². The van der Waals surface area contributed by atoms with Gasteiger partial charge in [-0.05, 0) is 38.2 Å². The lowest BCUT2D eigenvalue weighted by molar-refractivity contribution is 0.339. The van der Waals surface area contributed by atoms with Gasteiger partial charge in [-0.1, -0.05) is 30.3 Å². The molecule has 0 saturated heterocycles. The molecule has 0 aliphatic heterocycles. The van der Waals surface area contributed by atoms with Crippen molar-refractivity contribution in [1.29, 1.82) is 0 Å². The molecule has 1 fully saturated rings. The summed E-state index contributed by atoms with van der Waals surface area (Å²) in [6, 6.07) is 10.4. The smallest absolute Gasteiger partial charge is 0.0695 e. The first-order chi connectivity index (χ1) is 9.17. The zero-order valence-corrected chi connectivity index (χ0v) is 11.6. The van der Waals surface area contributed by atoms with Gasteiger partial charge in [0.15, 0.2) is 0 Å². The van der Waals surface area contributed by atoms with E-state index in [0.29, 0.717) is 0 Å². The van der Waals surface area contributed by atoms with Gasteiger partial charge >= 0.3 is 0 Å².